The topological polar surface area (TPSA) is 67.8 Å². The van der Waals surface area contributed by atoms with Crippen molar-refractivity contribution in [3.8, 4) is 29.7 Å². The molecule has 2 rings (SSSR count). The highest BCUT2D eigenvalue weighted by Crippen LogP contribution is 2.30. The van der Waals surface area contributed by atoms with Crippen molar-refractivity contribution in [1.82, 2.24) is 15.6 Å². The van der Waals surface area contributed by atoms with E-state index in [1.54, 1.807) is 6.20 Å². The van der Waals surface area contributed by atoms with Gasteiger partial charge in [0.05, 0.1) is 19.7 Å². The molecule has 2 aromatic rings. The van der Waals surface area contributed by atoms with Crippen LogP contribution in [0.1, 0.15) is 19.4 Å². The SMILES string of the molecule is C#CCNC(=NCc1ccc(Oc2ccccc2OCC)nc1)NCC. The molecule has 0 aliphatic rings. The lowest BCUT2D eigenvalue weighted by molar-refractivity contribution is 0.319. The van der Waals surface area contributed by atoms with Crippen molar-refractivity contribution in [2.24, 2.45) is 4.99 Å². The number of hydrogen-bond acceptors (Lipinski definition) is 4. The van der Waals surface area contributed by atoms with E-state index in [-0.39, 0.29) is 0 Å². The van der Waals surface area contributed by atoms with E-state index < -0.39 is 0 Å². The third-order valence-corrected chi connectivity index (χ3v) is 3.28. The van der Waals surface area contributed by atoms with Crippen LogP contribution in [-0.4, -0.2) is 30.6 Å². The van der Waals surface area contributed by atoms with Gasteiger partial charge in [-0.15, -0.1) is 6.42 Å². The van der Waals surface area contributed by atoms with E-state index in [9.17, 15) is 0 Å². The Bertz CT molecular complexity index is 751. The normalized spacial score (nSPS) is 10.7. The Balaban J connectivity index is 2.01. The summed E-state index contributed by atoms with van der Waals surface area (Å²) in [6, 6.07) is 11.3. The third kappa shape index (κ3) is 6.02. The molecule has 0 spiro atoms. The van der Waals surface area contributed by atoms with Crippen LogP contribution in [0.4, 0.5) is 0 Å². The Kier molecular flexibility index (Phi) is 7.81. The van der Waals surface area contributed by atoms with Gasteiger partial charge in [-0.2, -0.15) is 0 Å². The summed E-state index contributed by atoms with van der Waals surface area (Å²) in [7, 11) is 0. The molecule has 0 amide bonds. The first-order valence-corrected chi connectivity index (χ1v) is 8.57. The van der Waals surface area contributed by atoms with Crippen LogP contribution in [0, 0.1) is 12.3 Å². The fourth-order valence-electron chi connectivity index (χ4n) is 2.13. The van der Waals surface area contributed by atoms with Crippen LogP contribution in [-0.2, 0) is 6.54 Å². The van der Waals surface area contributed by atoms with Gasteiger partial charge in [0.2, 0.25) is 5.88 Å². The molecule has 2 N–H and O–H groups in total. The maximum Gasteiger partial charge on any atom is 0.219 e. The van der Waals surface area contributed by atoms with Gasteiger partial charge in [0.25, 0.3) is 0 Å². The molecule has 0 saturated carbocycles. The average molecular weight is 352 g/mol. The van der Waals surface area contributed by atoms with Crippen molar-refractivity contribution < 1.29 is 9.47 Å². The molecule has 1 aromatic carbocycles. The van der Waals surface area contributed by atoms with Crippen LogP contribution in [0.2, 0.25) is 0 Å². The van der Waals surface area contributed by atoms with Crippen LogP contribution in [0.3, 0.4) is 0 Å². The second kappa shape index (κ2) is 10.6. The monoisotopic (exact) mass is 352 g/mol. The van der Waals surface area contributed by atoms with E-state index in [4.69, 9.17) is 15.9 Å². The predicted molar refractivity (Wildman–Crippen MR) is 104 cm³/mol. The Morgan fingerprint density at radius 2 is 1.96 bits per heavy atom. The van der Waals surface area contributed by atoms with Gasteiger partial charge in [-0.1, -0.05) is 24.1 Å². The molecule has 6 nitrogen and oxygen atoms in total. The number of rotatable bonds is 8. The molecule has 6 heteroatoms. The smallest absolute Gasteiger partial charge is 0.219 e. The van der Waals surface area contributed by atoms with Crippen molar-refractivity contribution in [2.75, 3.05) is 19.7 Å². The third-order valence-electron chi connectivity index (χ3n) is 3.28. The highest BCUT2D eigenvalue weighted by atomic mass is 16.5. The summed E-state index contributed by atoms with van der Waals surface area (Å²) in [5.74, 6) is 5.04. The first-order valence-electron chi connectivity index (χ1n) is 8.57. The molecule has 1 aromatic heterocycles. The second-order valence-corrected chi connectivity index (χ2v) is 5.24. The van der Waals surface area contributed by atoms with E-state index in [0.717, 1.165) is 12.1 Å². The summed E-state index contributed by atoms with van der Waals surface area (Å²) in [6.07, 6.45) is 7.00. The minimum Gasteiger partial charge on any atom is -0.490 e. The van der Waals surface area contributed by atoms with Gasteiger partial charge in [0.15, 0.2) is 17.5 Å². The van der Waals surface area contributed by atoms with Gasteiger partial charge in [0, 0.05) is 18.8 Å². The molecule has 1 heterocycles. The number of guanidine groups is 1. The van der Waals surface area contributed by atoms with Crippen molar-refractivity contribution in [3.63, 3.8) is 0 Å². The van der Waals surface area contributed by atoms with E-state index in [0.29, 0.717) is 43.0 Å². The molecule has 0 saturated heterocycles. The van der Waals surface area contributed by atoms with Crippen LogP contribution < -0.4 is 20.1 Å². The lowest BCUT2D eigenvalue weighted by Crippen LogP contribution is -2.37. The van der Waals surface area contributed by atoms with Gasteiger partial charge in [-0.3, -0.25) is 0 Å². The number of aromatic nitrogens is 1. The largest absolute Gasteiger partial charge is 0.490 e. The molecule has 0 atom stereocenters. The number of pyridine rings is 1. The number of nitrogens with zero attached hydrogens (tertiary/aromatic N) is 2. The van der Waals surface area contributed by atoms with Gasteiger partial charge in [0.1, 0.15) is 0 Å². The zero-order chi connectivity index (χ0) is 18.6. The highest BCUT2D eigenvalue weighted by Gasteiger charge is 2.06. The minimum atomic E-state index is 0.427. The van der Waals surface area contributed by atoms with Gasteiger partial charge < -0.3 is 20.1 Å². The maximum absolute atomic E-state index is 5.82. The first-order chi connectivity index (χ1) is 12.8. The maximum atomic E-state index is 5.82. The van der Waals surface area contributed by atoms with Crippen LogP contribution in [0.5, 0.6) is 17.4 Å². The summed E-state index contributed by atoms with van der Waals surface area (Å²) >= 11 is 0. The molecular weight excluding hydrogens is 328 g/mol. The molecule has 136 valence electrons. The van der Waals surface area contributed by atoms with Crippen molar-refractivity contribution in [2.45, 2.75) is 20.4 Å². The molecule has 0 radical (unpaired) electrons. The number of terminal acetylenes is 1. The van der Waals surface area contributed by atoms with Gasteiger partial charge in [-0.25, -0.2) is 9.98 Å². The zero-order valence-corrected chi connectivity index (χ0v) is 15.2. The van der Waals surface area contributed by atoms with Gasteiger partial charge >= 0.3 is 0 Å². The predicted octanol–water partition coefficient (Wildman–Crippen LogP) is 2.96. The molecule has 0 bridgehead atoms. The molecule has 0 fully saturated rings. The second-order valence-electron chi connectivity index (χ2n) is 5.24. The summed E-state index contributed by atoms with van der Waals surface area (Å²) in [5, 5.41) is 6.18. The van der Waals surface area contributed by atoms with Gasteiger partial charge in [-0.05, 0) is 31.5 Å². The quantitative estimate of drug-likeness (QED) is 0.434. The van der Waals surface area contributed by atoms with Crippen LogP contribution in [0.25, 0.3) is 0 Å². The lowest BCUT2D eigenvalue weighted by atomic mass is 10.3. The Hall–Kier alpha value is -3.20. The number of ether oxygens (including phenoxy) is 2. The zero-order valence-electron chi connectivity index (χ0n) is 15.2. The Morgan fingerprint density at radius 3 is 2.62 bits per heavy atom. The Morgan fingerprint density at radius 1 is 1.15 bits per heavy atom. The van der Waals surface area contributed by atoms with Crippen molar-refractivity contribution in [3.05, 3.63) is 48.2 Å². The van der Waals surface area contributed by atoms with E-state index in [1.807, 2.05) is 50.2 Å². The van der Waals surface area contributed by atoms with Crippen molar-refractivity contribution >= 4 is 5.96 Å². The summed E-state index contributed by atoms with van der Waals surface area (Å²) in [4.78, 5) is 8.81. The van der Waals surface area contributed by atoms with Crippen LogP contribution in [0.15, 0.2) is 47.6 Å². The highest BCUT2D eigenvalue weighted by molar-refractivity contribution is 5.79. The number of nitrogens with one attached hydrogen (secondary N) is 2. The lowest BCUT2D eigenvalue weighted by Gasteiger charge is -2.11. The Labute approximate surface area is 154 Å². The fourth-order valence-corrected chi connectivity index (χ4v) is 2.13. The van der Waals surface area contributed by atoms with E-state index in [1.165, 1.54) is 0 Å². The molecule has 0 aliphatic carbocycles. The molecule has 26 heavy (non-hydrogen) atoms. The standard InChI is InChI=1S/C20H24N4O2/c1-4-13-22-20(21-5-2)24-15-16-11-12-19(23-14-16)26-18-10-8-7-9-17(18)25-6-3/h1,7-12,14H,5-6,13,15H2,2-3H3,(H2,21,22,24). The summed E-state index contributed by atoms with van der Waals surface area (Å²) in [5.41, 5.74) is 0.966. The molecule has 0 unspecified atom stereocenters. The number of benzene rings is 1. The van der Waals surface area contributed by atoms with Crippen LogP contribution >= 0.6 is 0 Å². The minimum absolute atomic E-state index is 0.427. The number of aliphatic imine (C=N–C) groups is 1. The average Bonchev–Trinajstić information content (AvgIpc) is 2.67. The van der Waals surface area contributed by atoms with E-state index in [2.05, 4.69) is 26.5 Å². The molecular formula is C20H24N4O2. The number of hydrogen-bond donors (Lipinski definition) is 2. The first kappa shape index (κ1) is 19.1. The van der Waals surface area contributed by atoms with E-state index >= 15 is 0 Å². The summed E-state index contributed by atoms with van der Waals surface area (Å²) in [6.45, 7) is 6.19. The van der Waals surface area contributed by atoms with Crippen molar-refractivity contribution in [1.29, 1.82) is 0 Å². The molecule has 0 aliphatic heterocycles. The summed E-state index contributed by atoms with van der Waals surface area (Å²) < 4.78 is 11.4. The fraction of sp³-hybridized carbons (Fsp3) is 0.300. The number of para-hydroxylation sites is 2.